The minimum Gasteiger partial charge on any atom is -0.378 e. The number of terminal acetylenes is 1. The van der Waals surface area contributed by atoms with Gasteiger partial charge in [0.25, 0.3) is 0 Å². The molecule has 34 heteroatoms. The lowest BCUT2D eigenvalue weighted by atomic mass is 9.72. The molecule has 0 unspecified atom stereocenters. The number of pyridine rings is 4. The fraction of sp³-hybridized carbons (Fsp3) is 0.520. The number of hydrogen-bond donors (Lipinski definition) is 4. The largest absolute Gasteiger partial charge is 0.378 e. The third kappa shape index (κ3) is 22.2. The van der Waals surface area contributed by atoms with Crippen molar-refractivity contribution in [2.24, 2.45) is 21.7 Å². The lowest BCUT2D eigenvalue weighted by Crippen LogP contribution is -2.75. The lowest BCUT2D eigenvalue weighted by molar-refractivity contribution is -0.137. The Morgan fingerprint density at radius 3 is 1.19 bits per heavy atom. The molecule has 0 bridgehead atoms. The molecule has 13 rings (SSSR count). The number of rotatable bonds is 4. The first-order chi connectivity index (χ1) is 40.6. The minimum atomic E-state index is -1.29. The van der Waals surface area contributed by atoms with Gasteiger partial charge in [-0.05, 0) is 93.7 Å². The van der Waals surface area contributed by atoms with Gasteiger partial charge in [0.15, 0.2) is 0 Å². The average Bonchev–Trinajstić information content (AvgIpc) is 0.853. The highest BCUT2D eigenvalue weighted by Gasteiger charge is 2.54. The molecule has 13 nitrogen and oxygen atoms in total. The molecule has 4 N–H and O–H groups in total. The van der Waals surface area contributed by atoms with Crippen LogP contribution < -0.4 is 36.0 Å². The fourth-order valence-electron chi connectivity index (χ4n) is 9.72. The molecule has 13 heterocycles. The summed E-state index contributed by atoms with van der Waals surface area (Å²) in [5.41, 5.74) is 7.63. The van der Waals surface area contributed by atoms with E-state index in [1.54, 1.807) is 128 Å². The number of nitrogens with zero attached hydrogens (tertiary/aromatic N) is 8. The maximum atomic E-state index is 12.0. The van der Waals surface area contributed by atoms with Gasteiger partial charge in [-0.2, -0.15) is 4.39 Å². The third-order valence-electron chi connectivity index (χ3n) is 14.4. The van der Waals surface area contributed by atoms with E-state index in [1.807, 2.05) is 24.5 Å². The van der Waals surface area contributed by atoms with E-state index >= 15 is 0 Å². The van der Waals surface area contributed by atoms with Gasteiger partial charge in [0.05, 0.1) is 19.3 Å². The zero-order chi connectivity index (χ0) is 59.3. The molecule has 0 radical (unpaired) electrons. The van der Waals surface area contributed by atoms with Crippen LogP contribution in [0, 0.1) is 58.6 Å². The second-order valence-corrected chi connectivity index (χ2v) is 56.0. The van der Waals surface area contributed by atoms with Crippen LogP contribution in [-0.2, 0) is 160 Å². The van der Waals surface area contributed by atoms with Crippen LogP contribution in [0.5, 0.6) is 0 Å². The zero-order valence-electron chi connectivity index (χ0n) is 45.9. The van der Waals surface area contributed by atoms with Crippen molar-refractivity contribution in [1.29, 1.82) is 0 Å². The van der Waals surface area contributed by atoms with E-state index in [2.05, 4.69) is 167 Å². The quantitative estimate of drug-likeness (QED) is 0.100. The van der Waals surface area contributed by atoms with E-state index in [9.17, 15) is 4.39 Å². The number of hydrogen-bond acceptors (Lipinski definition) is 15. The zero-order valence-corrected chi connectivity index (χ0v) is 65.1. The molecule has 4 spiro atoms. The molecule has 0 saturated carbocycles. The smallest absolute Gasteiger partial charge is 0.212 e. The highest BCUT2D eigenvalue weighted by atomic mass is 127. The predicted octanol–water partition coefficient (Wildman–Crippen LogP) is 4.36. The topological polar surface area (TPSA) is 122 Å². The minimum absolute atomic E-state index is 0.426. The summed E-state index contributed by atoms with van der Waals surface area (Å²) in [5, 5.41) is 13.2. The molecule has 456 valence electrons. The molecule has 0 atom stereocenters. The standard InChI is InChI=1S/C15H17N3O.C15H21N3Si.C10H12IN3.C5H3FIN.C5H10N2.S17/c1-2-12-3-4-14(16-5-12)18-10-15(11-18)8-17(9-15)13-6-19-7-13;1-19(2,3)7-6-13-4-5-14(17-8-13)18-11-15(12-18)9-16-10-15;11-8-1-2-9(13-3-8)14-6-10(7-14)4-12-5-10;6-5-2-1-4(7)3-8-5;1-5(2-6-1)3-7-4-5;1-3-5-7-9-11-13-15-17-16-14-12-10-8-6-4-2/h1,3-5,13H,6-11H2;4-5,8,16H,9-12H2,1-3H3;1-3,12H,4-7H2;1-3H;6-7H,1-4H2;. The number of halogens is 3. The van der Waals surface area contributed by atoms with Crippen LogP contribution in [-0.4, -0.2) is 157 Å². The van der Waals surface area contributed by atoms with Gasteiger partial charge >= 0.3 is 0 Å². The van der Waals surface area contributed by atoms with Crippen LogP contribution in [0.2, 0.25) is 19.6 Å². The second-order valence-electron chi connectivity index (χ2n) is 22.2. The Labute approximate surface area is 574 Å². The van der Waals surface area contributed by atoms with E-state index in [0.29, 0.717) is 22.3 Å². The third-order valence-corrected chi connectivity index (χ3v) is 47.6. The molecule has 0 amide bonds. The molecule has 9 aliphatic heterocycles. The number of likely N-dealkylation sites (tertiary alicyclic amines) is 1. The summed E-state index contributed by atoms with van der Waals surface area (Å²) in [6.07, 6.45) is 12.4. The summed E-state index contributed by atoms with van der Waals surface area (Å²) in [6.45, 7) is 27.7. The van der Waals surface area contributed by atoms with Crippen molar-refractivity contribution >= 4 is 226 Å². The molecular formula is C50H63FI2N12OS17Si. The molecule has 9 aliphatic rings. The van der Waals surface area contributed by atoms with Gasteiger partial charge in [-0.25, -0.2) is 19.9 Å². The predicted molar refractivity (Wildman–Crippen MR) is 410 cm³/mol. The van der Waals surface area contributed by atoms with Gasteiger partial charge in [0, 0.05) is 325 Å². The molecule has 0 aliphatic carbocycles. The average molecular weight is 1690 g/mol. The first kappa shape index (κ1) is 70.1. The van der Waals surface area contributed by atoms with E-state index < -0.39 is 14.0 Å². The monoisotopic (exact) mass is 1690 g/mol. The molecule has 9 saturated heterocycles. The van der Waals surface area contributed by atoms with E-state index in [-0.39, 0.29) is 0 Å². The Morgan fingerprint density at radius 1 is 0.524 bits per heavy atom. The number of anilines is 3. The van der Waals surface area contributed by atoms with E-state index in [4.69, 9.17) is 33.5 Å². The van der Waals surface area contributed by atoms with Crippen molar-refractivity contribution < 1.29 is 9.13 Å². The second kappa shape index (κ2) is 35.3. The normalized spacial score (nSPS) is 19.4. The highest BCUT2D eigenvalue weighted by Crippen LogP contribution is 2.43. The first-order valence-corrected chi connectivity index (χ1v) is 53.1. The molecular weight excluding hydrogens is 1630 g/mol. The van der Waals surface area contributed by atoms with Crippen LogP contribution in [0.1, 0.15) is 11.1 Å². The number of ether oxygens (including phenoxy) is 1. The maximum absolute atomic E-state index is 12.0. The van der Waals surface area contributed by atoms with Crippen molar-refractivity contribution in [1.82, 2.24) is 46.1 Å². The van der Waals surface area contributed by atoms with Crippen molar-refractivity contribution in [2.75, 3.05) is 133 Å². The van der Waals surface area contributed by atoms with Gasteiger partial charge < -0.3 is 40.7 Å². The Hall–Kier alpha value is 0.227. The van der Waals surface area contributed by atoms with E-state index in [1.165, 1.54) is 112 Å². The van der Waals surface area contributed by atoms with Gasteiger partial charge in [-0.15, -0.1) is 12.0 Å². The molecule has 4 aromatic rings. The van der Waals surface area contributed by atoms with Crippen LogP contribution >= 0.6 is 45.2 Å². The van der Waals surface area contributed by atoms with E-state index in [0.717, 1.165) is 77.0 Å². The molecule has 84 heavy (non-hydrogen) atoms. The molecule has 0 aromatic carbocycles. The first-order valence-electron chi connectivity index (χ1n) is 26.1. The van der Waals surface area contributed by atoms with Crippen LogP contribution in [0.25, 0.3) is 0 Å². The summed E-state index contributed by atoms with van der Waals surface area (Å²) >= 11 is 13.8. The van der Waals surface area contributed by atoms with Gasteiger partial charge in [0.2, 0.25) is 5.95 Å². The Bertz CT molecular complexity index is 3590. The van der Waals surface area contributed by atoms with Crippen molar-refractivity contribution in [3.63, 3.8) is 0 Å². The Balaban J connectivity index is 0.000000135. The van der Waals surface area contributed by atoms with Crippen molar-refractivity contribution in [3.8, 4) is 23.8 Å². The SMILES string of the molecule is C#Cc1ccc(N2CC3(C2)CN(C2COC2)C3)nc1.C1NCC12CNC2.C[Si](C)(C)C#Cc1ccc(N2CC3(CNC3)C2)nc1.Fc1ccc(I)cn1.Ic1ccc(N2CC3(CNC3)C2)nc1.S=S=S=S=S=S=S=S=S=S=S=S=S=S=S=S=S. The van der Waals surface area contributed by atoms with Crippen LogP contribution in [0.4, 0.5) is 21.8 Å². The summed E-state index contributed by atoms with van der Waals surface area (Å²) < 4.78 is 19.4. The Morgan fingerprint density at radius 2 is 0.905 bits per heavy atom. The van der Waals surface area contributed by atoms with Crippen molar-refractivity contribution in [3.05, 3.63) is 97.5 Å². The summed E-state index contributed by atoms with van der Waals surface area (Å²) in [4.78, 5) is 26.4. The summed E-state index contributed by atoms with van der Waals surface area (Å²) in [6, 6.07) is 16.1. The van der Waals surface area contributed by atoms with Crippen molar-refractivity contribution in [2.45, 2.75) is 25.7 Å². The number of aromatic nitrogens is 4. The molecule has 4 aromatic heterocycles. The van der Waals surface area contributed by atoms with Gasteiger partial charge in [0.1, 0.15) is 25.5 Å². The number of nitrogens with one attached hydrogen (secondary N) is 4. The van der Waals surface area contributed by atoms with Crippen LogP contribution in [0.15, 0.2) is 73.3 Å². The highest BCUT2D eigenvalue weighted by molar-refractivity contribution is 14.1. The summed E-state index contributed by atoms with van der Waals surface area (Å²) in [7, 11) is 24.1. The Kier molecular flexibility index (Phi) is 29.5. The molecule has 9 fully saturated rings. The lowest BCUT2D eigenvalue weighted by Gasteiger charge is -2.63. The maximum Gasteiger partial charge on any atom is 0.212 e. The van der Waals surface area contributed by atoms with Gasteiger partial charge in [-0.3, -0.25) is 4.90 Å². The van der Waals surface area contributed by atoms with Crippen LogP contribution in [0.3, 0.4) is 0 Å². The summed E-state index contributed by atoms with van der Waals surface area (Å²) in [5.74, 6) is 8.69. The van der Waals surface area contributed by atoms with Gasteiger partial charge in [-0.1, -0.05) is 31.5 Å². The fourth-order valence-corrected chi connectivity index (χ4v) is 46.6.